The van der Waals surface area contributed by atoms with Crippen molar-refractivity contribution in [2.75, 3.05) is 26.4 Å². The molecule has 0 N–H and O–H groups in total. The number of allylic oxidation sites excluding steroid dienone is 4. The first-order chi connectivity index (χ1) is 37.4. The molecule has 0 saturated heterocycles. The number of ether oxygens (including phenoxy) is 4. The topological polar surface area (TPSA) is 93.3 Å². The Morgan fingerprint density at radius 3 is 1.06 bits per heavy atom. The Bertz CT molecular complexity index is 2840. The molecule has 386 valence electrons. The number of fused-ring (bicyclic) bond motifs is 8. The first kappa shape index (κ1) is 55.6. The molecule has 9 rings (SSSR count). The van der Waals surface area contributed by atoms with Crippen molar-refractivity contribution in [1.82, 2.24) is 0 Å². The van der Waals surface area contributed by atoms with Gasteiger partial charge in [0.25, 0.3) is 0 Å². The van der Waals surface area contributed by atoms with Gasteiger partial charge in [0.2, 0.25) is 0 Å². The van der Waals surface area contributed by atoms with E-state index in [9.17, 15) is 0 Å². The molecule has 0 unspecified atom stereocenters. The van der Waals surface area contributed by atoms with Crippen molar-refractivity contribution in [1.29, 1.82) is 0 Å². The summed E-state index contributed by atoms with van der Waals surface area (Å²) in [5.74, 6) is 16.8. The molecule has 0 amide bonds. The van der Waals surface area contributed by atoms with Gasteiger partial charge in [0, 0.05) is 102 Å². The second-order valence-electron chi connectivity index (χ2n) is 18.9. The first-order valence-corrected chi connectivity index (χ1v) is 27.5. The van der Waals surface area contributed by atoms with E-state index in [-0.39, 0.29) is 19.5 Å². The molecule has 9 heteroatoms. The summed E-state index contributed by atoms with van der Waals surface area (Å²) in [5.41, 5.74) is 11.5. The summed E-state index contributed by atoms with van der Waals surface area (Å²) in [6.07, 6.45) is 28.1. The SMILES string of the molecule is CCCCCCc1ccc(C#C/C2=C3\C=C[C+]([N-]3)/C(c3c(OCC)cccc3OCC)=C3/C=C[C+]([N-]3)/C(C#Cc3ccc(CCCCCC)cc3)=C3/C=C[C+]([N-]3)/C(c3c(OCC)cccc3OCC)=C3/C=C[C+]2[N-]3)cc1.[Zn]. The number of benzene rings is 4. The van der Waals surface area contributed by atoms with Crippen LogP contribution in [0.5, 0.6) is 23.0 Å². The zero-order valence-electron chi connectivity index (χ0n) is 45.7. The largest absolute Gasteiger partial charge is 0.556 e. The van der Waals surface area contributed by atoms with Crippen LogP contribution < -0.4 is 18.9 Å². The Kier molecular flexibility index (Phi) is 19.8. The Morgan fingerprint density at radius 1 is 0.377 bits per heavy atom. The van der Waals surface area contributed by atoms with Crippen molar-refractivity contribution in [3.8, 4) is 46.7 Å². The molecule has 77 heavy (non-hydrogen) atoms. The average molecular weight is 1070 g/mol. The molecule has 0 aliphatic carbocycles. The molecule has 0 saturated carbocycles. The van der Waals surface area contributed by atoms with Crippen LogP contribution in [-0.2, 0) is 32.3 Å². The van der Waals surface area contributed by atoms with E-state index in [1.165, 1.54) is 62.5 Å². The van der Waals surface area contributed by atoms with E-state index in [4.69, 9.17) is 40.2 Å². The first-order valence-electron chi connectivity index (χ1n) is 27.5. The molecule has 0 radical (unpaired) electrons. The van der Waals surface area contributed by atoms with Crippen LogP contribution in [0.2, 0.25) is 0 Å². The molecule has 5 heterocycles. The molecule has 0 fully saturated rings. The van der Waals surface area contributed by atoms with E-state index in [1.54, 1.807) is 0 Å². The molecule has 4 aromatic rings. The number of aryl methyl sites for hydroxylation is 2. The van der Waals surface area contributed by atoms with E-state index in [0.29, 0.717) is 108 Å². The predicted octanol–water partition coefficient (Wildman–Crippen LogP) is 17.2. The Hall–Kier alpha value is -7.58. The Morgan fingerprint density at radius 2 is 0.714 bits per heavy atom. The average Bonchev–Trinajstić information content (AvgIpc) is 4.35. The summed E-state index contributed by atoms with van der Waals surface area (Å²) in [7, 11) is 0. The number of hydrogen-bond donors (Lipinski definition) is 0. The van der Waals surface area contributed by atoms with Gasteiger partial charge in [-0.1, -0.05) is 88.8 Å². The van der Waals surface area contributed by atoms with Crippen molar-refractivity contribution in [3.05, 3.63) is 246 Å². The second-order valence-corrected chi connectivity index (χ2v) is 18.9. The minimum atomic E-state index is 0. The summed E-state index contributed by atoms with van der Waals surface area (Å²) >= 11 is 0. The zero-order valence-corrected chi connectivity index (χ0v) is 48.7. The molecule has 4 aromatic carbocycles. The molecule has 8 bridgehead atoms. The van der Waals surface area contributed by atoms with Crippen LogP contribution in [0.3, 0.4) is 0 Å². The van der Waals surface area contributed by atoms with Crippen molar-refractivity contribution in [3.63, 3.8) is 0 Å². The molecular formula is C68H68N4O4Zn. The van der Waals surface area contributed by atoms with Crippen molar-refractivity contribution >= 4 is 11.1 Å². The smallest absolute Gasteiger partial charge is 0.173 e. The summed E-state index contributed by atoms with van der Waals surface area (Å²) in [6, 6.07) is 31.7. The second kappa shape index (κ2) is 27.5. The van der Waals surface area contributed by atoms with Crippen LogP contribution >= 0.6 is 0 Å². The summed E-state index contributed by atoms with van der Waals surface area (Å²) in [4.78, 5) is 0. The Balaban J connectivity index is 0.00000784. The van der Waals surface area contributed by atoms with Gasteiger partial charge in [-0.2, -0.15) is 0 Å². The minimum absolute atomic E-state index is 0. The van der Waals surface area contributed by atoms with Gasteiger partial charge in [-0.25, -0.2) is 0 Å². The molecule has 5 aliphatic heterocycles. The number of rotatable bonds is 20. The van der Waals surface area contributed by atoms with Crippen LogP contribution in [-0.4, -0.2) is 26.4 Å². The third-order valence-corrected chi connectivity index (χ3v) is 13.5. The number of unbranched alkanes of at least 4 members (excludes halogenated alkanes) is 6. The molecule has 0 atom stereocenters. The zero-order chi connectivity index (χ0) is 52.6. The van der Waals surface area contributed by atoms with Crippen LogP contribution in [0.25, 0.3) is 32.4 Å². The van der Waals surface area contributed by atoms with Crippen LogP contribution in [0, 0.1) is 47.8 Å². The van der Waals surface area contributed by atoms with Crippen molar-refractivity contribution < 1.29 is 38.4 Å². The quantitative estimate of drug-likeness (QED) is 0.0381. The van der Waals surface area contributed by atoms with Crippen LogP contribution in [0.4, 0.5) is 0 Å². The standard InChI is InChI=1S/C68H68N4O4.Zn/c1-7-13-15-17-21-47-27-31-49(32-28-47)35-37-51-53-39-43-57(69-53)65(67-61(73-9-3)23-19-24-62(67)74-10-4)59-45-41-55(71-59)52(38-36-50-33-29-48(30-34-50)22-18-16-14-8-2)56-42-46-60(72-56)66(58-44-40-54(51)70-58)68-63(75-11-5)25-20-26-64(68)76-12-6;/h19-20,23-34,39-46H,7-18,21-22H2,1-6H3;/b53-51-,56-52-,65-59+,66-58+;. The van der Waals surface area contributed by atoms with Gasteiger partial charge in [0.1, 0.15) is 22.3 Å². The third-order valence-electron chi connectivity index (χ3n) is 13.5. The fourth-order valence-corrected chi connectivity index (χ4v) is 9.76. The fraction of sp³-hybridized carbons (Fsp3) is 0.294. The van der Waals surface area contributed by atoms with Gasteiger partial charge in [-0.15, -0.1) is 0 Å². The summed E-state index contributed by atoms with van der Waals surface area (Å²) < 4.78 is 25.6. The van der Waals surface area contributed by atoms with Gasteiger partial charge in [0.05, 0.1) is 49.4 Å². The van der Waals surface area contributed by atoms with E-state index < -0.39 is 0 Å². The van der Waals surface area contributed by atoms with Gasteiger partial charge < -0.3 is 40.2 Å². The fourth-order valence-electron chi connectivity index (χ4n) is 9.76. The maximum Gasteiger partial charge on any atom is 0.173 e. The van der Waals surface area contributed by atoms with E-state index >= 15 is 0 Å². The van der Waals surface area contributed by atoms with Crippen molar-refractivity contribution in [2.24, 2.45) is 0 Å². The molecule has 5 aliphatic rings. The normalized spacial score (nSPS) is 18.7. The van der Waals surface area contributed by atoms with Gasteiger partial charge in [0.15, 0.2) is 23.0 Å². The van der Waals surface area contributed by atoms with Gasteiger partial charge in [-0.05, 0) is 149 Å². The van der Waals surface area contributed by atoms with E-state index in [1.807, 2.05) is 113 Å². The molecule has 0 aromatic heterocycles. The monoisotopic (exact) mass is 1070 g/mol. The Labute approximate surface area is 472 Å². The van der Waals surface area contributed by atoms with Crippen LogP contribution in [0.1, 0.15) is 126 Å². The summed E-state index contributed by atoms with van der Waals surface area (Å²) in [6.45, 7) is 14.2. The minimum Gasteiger partial charge on any atom is -0.556 e. The van der Waals surface area contributed by atoms with E-state index in [2.05, 4.69) is 86.1 Å². The molecule has 8 nitrogen and oxygen atoms in total. The third kappa shape index (κ3) is 13.3. The maximum absolute atomic E-state index is 6.39. The van der Waals surface area contributed by atoms with E-state index in [0.717, 1.165) is 46.2 Å². The molecular weight excluding hydrogens is 1000 g/mol. The van der Waals surface area contributed by atoms with Crippen LogP contribution in [0.15, 0.2) is 167 Å². The maximum atomic E-state index is 6.39. The number of nitrogens with zero attached hydrogens (tertiary/aromatic N) is 4. The molecule has 0 spiro atoms. The predicted molar refractivity (Wildman–Crippen MR) is 311 cm³/mol. The van der Waals surface area contributed by atoms with Gasteiger partial charge in [-0.3, -0.25) is 0 Å². The van der Waals surface area contributed by atoms with Crippen molar-refractivity contribution in [2.45, 2.75) is 106 Å². The number of hydrogen-bond acceptors (Lipinski definition) is 4. The van der Waals surface area contributed by atoms with Gasteiger partial charge >= 0.3 is 0 Å². The summed E-state index contributed by atoms with van der Waals surface area (Å²) in [5, 5.41) is 21.8.